The van der Waals surface area contributed by atoms with Gasteiger partial charge in [-0.1, -0.05) is 46.7 Å². The van der Waals surface area contributed by atoms with Crippen LogP contribution in [0.3, 0.4) is 0 Å². The SMILES string of the molecule is CC(C)(C)c1noc2ccc3c(ccn3C3CC[C@H](CN4CCC(C(C)(C)C)CC4)C3)c12. The summed E-state index contributed by atoms with van der Waals surface area (Å²) >= 11 is 0. The van der Waals surface area contributed by atoms with Crippen LogP contribution < -0.4 is 0 Å². The fraction of sp³-hybridized carbons (Fsp3) is 0.679. The molecule has 174 valence electrons. The summed E-state index contributed by atoms with van der Waals surface area (Å²) in [6.07, 6.45) is 8.99. The van der Waals surface area contributed by atoms with E-state index in [2.05, 4.69) is 80.6 Å². The molecule has 0 spiro atoms. The van der Waals surface area contributed by atoms with Crippen LogP contribution in [0, 0.1) is 17.3 Å². The predicted octanol–water partition coefficient (Wildman–Crippen LogP) is 7.18. The average molecular weight is 436 g/mol. The zero-order valence-corrected chi connectivity index (χ0v) is 20.9. The zero-order chi connectivity index (χ0) is 22.7. The van der Waals surface area contributed by atoms with Gasteiger partial charge in [-0.3, -0.25) is 0 Å². The number of aromatic nitrogens is 2. The highest BCUT2D eigenvalue weighted by atomic mass is 16.5. The molecule has 1 aliphatic heterocycles. The van der Waals surface area contributed by atoms with Crippen LogP contribution in [-0.2, 0) is 5.41 Å². The molecule has 2 aliphatic rings. The van der Waals surface area contributed by atoms with Crippen molar-refractivity contribution in [2.45, 2.75) is 85.1 Å². The molecule has 2 aromatic heterocycles. The third kappa shape index (κ3) is 4.00. The summed E-state index contributed by atoms with van der Waals surface area (Å²) in [6, 6.07) is 7.25. The van der Waals surface area contributed by atoms with Crippen molar-refractivity contribution in [3.8, 4) is 0 Å². The van der Waals surface area contributed by atoms with Gasteiger partial charge in [-0.15, -0.1) is 0 Å². The smallest absolute Gasteiger partial charge is 0.167 e. The van der Waals surface area contributed by atoms with E-state index in [0.29, 0.717) is 11.5 Å². The standard InChI is InChI=1S/C28H41N3O/c1-27(2,3)20-11-14-30(15-12-20)18-19-7-8-21(17-19)31-16-13-22-23(31)9-10-24-25(22)26(29-32-24)28(4,5)6/h9-10,13,16,19-21H,7-8,11-12,14-15,17-18H2,1-6H3/t19-,21?/m0/s1. The highest BCUT2D eigenvalue weighted by Crippen LogP contribution is 2.41. The zero-order valence-electron chi connectivity index (χ0n) is 20.9. The predicted molar refractivity (Wildman–Crippen MR) is 133 cm³/mol. The van der Waals surface area contributed by atoms with Crippen LogP contribution in [0.5, 0.6) is 0 Å². The van der Waals surface area contributed by atoms with E-state index in [9.17, 15) is 0 Å². The molecule has 3 aromatic rings. The fourth-order valence-electron chi connectivity index (χ4n) is 6.32. The Morgan fingerprint density at radius 2 is 1.72 bits per heavy atom. The molecule has 2 atom stereocenters. The van der Waals surface area contributed by atoms with Crippen molar-refractivity contribution >= 4 is 21.9 Å². The summed E-state index contributed by atoms with van der Waals surface area (Å²) in [5, 5.41) is 6.92. The summed E-state index contributed by atoms with van der Waals surface area (Å²) in [6.45, 7) is 17.7. The molecule has 1 unspecified atom stereocenters. The van der Waals surface area contributed by atoms with E-state index in [0.717, 1.165) is 23.1 Å². The largest absolute Gasteiger partial charge is 0.356 e. The summed E-state index contributed by atoms with van der Waals surface area (Å²) in [7, 11) is 0. The molecule has 1 aliphatic carbocycles. The highest BCUT2D eigenvalue weighted by molar-refractivity contribution is 6.06. The second-order valence-electron chi connectivity index (χ2n) is 12.6. The minimum atomic E-state index is -0.0273. The van der Waals surface area contributed by atoms with Crippen molar-refractivity contribution in [3.63, 3.8) is 0 Å². The van der Waals surface area contributed by atoms with Gasteiger partial charge in [0.05, 0.1) is 11.1 Å². The number of benzene rings is 1. The maximum atomic E-state index is 5.68. The maximum Gasteiger partial charge on any atom is 0.167 e. The molecule has 32 heavy (non-hydrogen) atoms. The molecule has 1 aromatic carbocycles. The molecule has 0 bridgehead atoms. The number of hydrogen-bond acceptors (Lipinski definition) is 3. The first kappa shape index (κ1) is 22.0. The molecule has 2 fully saturated rings. The van der Waals surface area contributed by atoms with Crippen LogP contribution >= 0.6 is 0 Å². The second kappa shape index (κ2) is 7.90. The van der Waals surface area contributed by atoms with E-state index in [1.165, 1.54) is 68.0 Å². The molecule has 0 N–H and O–H groups in total. The van der Waals surface area contributed by atoms with E-state index in [4.69, 9.17) is 4.52 Å². The van der Waals surface area contributed by atoms with Crippen molar-refractivity contribution in [1.82, 2.24) is 14.6 Å². The Bertz CT molecular complexity index is 1090. The molecule has 4 heteroatoms. The van der Waals surface area contributed by atoms with E-state index >= 15 is 0 Å². The Kier molecular flexibility index (Phi) is 5.43. The van der Waals surface area contributed by atoms with Crippen LogP contribution in [0.4, 0.5) is 0 Å². The van der Waals surface area contributed by atoms with Crippen molar-refractivity contribution in [3.05, 3.63) is 30.1 Å². The van der Waals surface area contributed by atoms with E-state index in [-0.39, 0.29) is 5.41 Å². The number of nitrogens with zero attached hydrogens (tertiary/aromatic N) is 3. The minimum Gasteiger partial charge on any atom is -0.356 e. The summed E-state index contributed by atoms with van der Waals surface area (Å²) < 4.78 is 8.23. The van der Waals surface area contributed by atoms with Crippen LogP contribution in [0.25, 0.3) is 21.9 Å². The quantitative estimate of drug-likeness (QED) is 0.437. The molecular weight excluding hydrogens is 394 g/mol. The number of fused-ring (bicyclic) bond motifs is 3. The third-order valence-corrected chi connectivity index (χ3v) is 8.28. The number of hydrogen-bond donors (Lipinski definition) is 0. The monoisotopic (exact) mass is 435 g/mol. The lowest BCUT2D eigenvalue weighted by Crippen LogP contribution is -2.40. The van der Waals surface area contributed by atoms with Crippen molar-refractivity contribution < 1.29 is 4.52 Å². The summed E-state index contributed by atoms with van der Waals surface area (Å²) in [5.41, 5.74) is 3.74. The van der Waals surface area contributed by atoms with Gasteiger partial charge in [0.25, 0.3) is 0 Å². The fourth-order valence-corrected chi connectivity index (χ4v) is 6.32. The maximum absolute atomic E-state index is 5.68. The lowest BCUT2D eigenvalue weighted by atomic mass is 9.75. The molecule has 4 nitrogen and oxygen atoms in total. The summed E-state index contributed by atoms with van der Waals surface area (Å²) in [4.78, 5) is 2.75. The Hall–Kier alpha value is -1.81. The van der Waals surface area contributed by atoms with Crippen LogP contribution in [-0.4, -0.2) is 34.3 Å². The summed E-state index contributed by atoms with van der Waals surface area (Å²) in [5.74, 6) is 1.71. The third-order valence-electron chi connectivity index (χ3n) is 8.28. The van der Waals surface area contributed by atoms with Crippen LogP contribution in [0.1, 0.15) is 85.4 Å². The lowest BCUT2D eigenvalue weighted by molar-refractivity contribution is 0.101. The first-order valence-electron chi connectivity index (χ1n) is 12.7. The molecule has 5 rings (SSSR count). The molecule has 0 radical (unpaired) electrons. The van der Waals surface area contributed by atoms with Gasteiger partial charge >= 0.3 is 0 Å². The molecule has 1 saturated heterocycles. The van der Waals surface area contributed by atoms with E-state index in [1.54, 1.807) is 0 Å². The lowest BCUT2D eigenvalue weighted by Gasteiger charge is -2.39. The van der Waals surface area contributed by atoms with Gasteiger partial charge in [0, 0.05) is 35.1 Å². The Balaban J connectivity index is 1.30. The molecule has 0 amide bonds. The number of piperidine rings is 1. The van der Waals surface area contributed by atoms with Crippen LogP contribution in [0.2, 0.25) is 0 Å². The van der Waals surface area contributed by atoms with Gasteiger partial charge in [-0.05, 0) is 80.6 Å². The van der Waals surface area contributed by atoms with Crippen molar-refractivity contribution in [1.29, 1.82) is 0 Å². The number of likely N-dealkylation sites (tertiary alicyclic amines) is 1. The van der Waals surface area contributed by atoms with Gasteiger partial charge in [0.2, 0.25) is 0 Å². The van der Waals surface area contributed by atoms with Gasteiger partial charge < -0.3 is 14.0 Å². The Morgan fingerprint density at radius 1 is 0.969 bits per heavy atom. The normalized spacial score (nSPS) is 24.2. The van der Waals surface area contributed by atoms with Gasteiger partial charge in [0.15, 0.2) is 5.58 Å². The van der Waals surface area contributed by atoms with Crippen molar-refractivity contribution in [2.24, 2.45) is 17.3 Å². The molecular formula is C28H41N3O. The van der Waals surface area contributed by atoms with Crippen LogP contribution in [0.15, 0.2) is 28.9 Å². The average Bonchev–Trinajstić information content (AvgIpc) is 3.44. The first-order valence-corrected chi connectivity index (χ1v) is 12.7. The van der Waals surface area contributed by atoms with Gasteiger partial charge in [-0.25, -0.2) is 0 Å². The van der Waals surface area contributed by atoms with E-state index in [1.807, 2.05) is 0 Å². The minimum absolute atomic E-state index is 0.0273. The topological polar surface area (TPSA) is 34.2 Å². The van der Waals surface area contributed by atoms with Gasteiger partial charge in [0.1, 0.15) is 0 Å². The first-order chi connectivity index (χ1) is 15.1. The van der Waals surface area contributed by atoms with E-state index < -0.39 is 0 Å². The van der Waals surface area contributed by atoms with Gasteiger partial charge in [-0.2, -0.15) is 0 Å². The molecule has 3 heterocycles. The number of rotatable bonds is 3. The van der Waals surface area contributed by atoms with Crippen molar-refractivity contribution in [2.75, 3.05) is 19.6 Å². The Morgan fingerprint density at radius 3 is 2.41 bits per heavy atom. The molecule has 1 saturated carbocycles. The highest BCUT2D eigenvalue weighted by Gasteiger charge is 2.32. The Labute approximate surface area is 193 Å². The second-order valence-corrected chi connectivity index (χ2v) is 12.6.